The molecule has 118 valence electrons. The molecule has 7 nitrogen and oxygen atoms in total. The van der Waals surface area contributed by atoms with Crippen molar-refractivity contribution in [3.05, 3.63) is 68.7 Å². The predicted molar refractivity (Wildman–Crippen MR) is 83.8 cm³/mol. The van der Waals surface area contributed by atoms with E-state index < -0.39 is 16.8 Å². The van der Waals surface area contributed by atoms with Crippen LogP contribution >= 0.6 is 11.6 Å². The van der Waals surface area contributed by atoms with Gasteiger partial charge in [0.25, 0.3) is 11.6 Å². The summed E-state index contributed by atoms with van der Waals surface area (Å²) in [4.78, 5) is 33.8. The van der Waals surface area contributed by atoms with E-state index in [9.17, 15) is 19.7 Å². The summed E-state index contributed by atoms with van der Waals surface area (Å²) in [6, 6.07) is 9.86. The largest absolute Gasteiger partial charge is 0.465 e. The van der Waals surface area contributed by atoms with Crippen molar-refractivity contribution in [3.63, 3.8) is 0 Å². The Morgan fingerprint density at radius 2 is 1.91 bits per heavy atom. The minimum Gasteiger partial charge on any atom is -0.465 e. The molecule has 0 bridgehead atoms. The average Bonchev–Trinajstić information content (AvgIpc) is 2.54. The highest BCUT2D eigenvalue weighted by atomic mass is 35.5. The molecule has 0 aliphatic heterocycles. The average molecular weight is 335 g/mol. The number of amides is 1. The smallest absolute Gasteiger partial charge is 0.337 e. The van der Waals surface area contributed by atoms with Gasteiger partial charge >= 0.3 is 5.97 Å². The molecule has 8 heteroatoms. The summed E-state index contributed by atoms with van der Waals surface area (Å²) in [5, 5.41) is 13.3. The zero-order chi connectivity index (χ0) is 17.0. The number of anilines is 1. The van der Waals surface area contributed by atoms with Gasteiger partial charge < -0.3 is 10.1 Å². The molecule has 0 radical (unpaired) electrons. The van der Waals surface area contributed by atoms with Crippen LogP contribution in [0.1, 0.15) is 20.7 Å². The fourth-order valence-corrected chi connectivity index (χ4v) is 2.03. The first-order valence-corrected chi connectivity index (χ1v) is 6.74. The summed E-state index contributed by atoms with van der Waals surface area (Å²) in [5.74, 6) is -1.10. The lowest BCUT2D eigenvalue weighted by atomic mass is 10.1. The lowest BCUT2D eigenvalue weighted by molar-refractivity contribution is -0.384. The van der Waals surface area contributed by atoms with Gasteiger partial charge in [-0.2, -0.15) is 0 Å². The Kier molecular flexibility index (Phi) is 4.92. The van der Waals surface area contributed by atoms with Gasteiger partial charge in [-0.05, 0) is 30.3 Å². The molecule has 2 rings (SSSR count). The predicted octanol–water partition coefficient (Wildman–Crippen LogP) is 3.29. The van der Waals surface area contributed by atoms with Gasteiger partial charge in [-0.1, -0.05) is 17.7 Å². The summed E-state index contributed by atoms with van der Waals surface area (Å²) in [7, 11) is 1.25. The first-order valence-electron chi connectivity index (χ1n) is 6.36. The van der Waals surface area contributed by atoms with Crippen molar-refractivity contribution in [2.75, 3.05) is 12.4 Å². The maximum Gasteiger partial charge on any atom is 0.337 e. The van der Waals surface area contributed by atoms with Gasteiger partial charge in [0, 0.05) is 17.3 Å². The first kappa shape index (κ1) is 16.4. The SMILES string of the molecule is COC(=O)c1cccc(NC(=O)c2ccc(Cl)c([N+](=O)[O-])c2)c1. The Bertz CT molecular complexity index is 791. The summed E-state index contributed by atoms with van der Waals surface area (Å²) in [5.41, 5.74) is 0.343. The zero-order valence-corrected chi connectivity index (χ0v) is 12.7. The second kappa shape index (κ2) is 6.89. The number of nitrogens with zero attached hydrogens (tertiary/aromatic N) is 1. The second-order valence-corrected chi connectivity index (χ2v) is 4.86. The number of hydrogen-bond donors (Lipinski definition) is 1. The molecule has 23 heavy (non-hydrogen) atoms. The molecule has 0 aliphatic rings. The fraction of sp³-hybridized carbons (Fsp3) is 0.0667. The number of nitro benzene ring substituents is 1. The molecule has 2 aromatic carbocycles. The Morgan fingerprint density at radius 3 is 2.57 bits per heavy atom. The molecule has 0 atom stereocenters. The Labute approximate surface area is 136 Å². The van der Waals surface area contributed by atoms with Gasteiger partial charge in [-0.3, -0.25) is 14.9 Å². The third kappa shape index (κ3) is 3.83. The van der Waals surface area contributed by atoms with E-state index in [4.69, 9.17) is 11.6 Å². The molecule has 0 aromatic heterocycles. The van der Waals surface area contributed by atoms with Gasteiger partial charge in [-0.25, -0.2) is 4.79 Å². The van der Waals surface area contributed by atoms with Gasteiger partial charge in [0.2, 0.25) is 0 Å². The Morgan fingerprint density at radius 1 is 1.17 bits per heavy atom. The number of halogens is 1. The van der Waals surface area contributed by atoms with Gasteiger partial charge in [-0.15, -0.1) is 0 Å². The molecule has 0 fully saturated rings. The highest BCUT2D eigenvalue weighted by Gasteiger charge is 2.16. The van der Waals surface area contributed by atoms with Crippen LogP contribution in [-0.4, -0.2) is 23.9 Å². The van der Waals surface area contributed by atoms with E-state index in [1.807, 2.05) is 0 Å². The summed E-state index contributed by atoms with van der Waals surface area (Å²) in [6.07, 6.45) is 0. The maximum absolute atomic E-state index is 12.2. The van der Waals surface area contributed by atoms with E-state index in [1.54, 1.807) is 12.1 Å². The molecule has 0 saturated carbocycles. The standard InChI is InChI=1S/C15H11ClN2O5/c1-23-15(20)10-3-2-4-11(7-10)17-14(19)9-5-6-12(16)13(8-9)18(21)22/h2-8H,1H3,(H,17,19). The lowest BCUT2D eigenvalue weighted by Gasteiger charge is -2.07. The quantitative estimate of drug-likeness (QED) is 0.525. The number of esters is 1. The highest BCUT2D eigenvalue weighted by Crippen LogP contribution is 2.25. The van der Waals surface area contributed by atoms with Crippen LogP contribution in [0.5, 0.6) is 0 Å². The Hall–Kier alpha value is -2.93. The van der Waals surface area contributed by atoms with Crippen LogP contribution in [0.25, 0.3) is 0 Å². The maximum atomic E-state index is 12.2. The molecular formula is C15H11ClN2O5. The number of carbonyl (C=O) groups is 2. The van der Waals surface area contributed by atoms with Crippen molar-refractivity contribution in [1.82, 2.24) is 0 Å². The molecule has 0 aliphatic carbocycles. The van der Waals surface area contributed by atoms with Crippen LogP contribution in [0.3, 0.4) is 0 Å². The third-order valence-electron chi connectivity index (χ3n) is 2.95. The summed E-state index contributed by atoms with van der Waals surface area (Å²) < 4.78 is 4.59. The van der Waals surface area contributed by atoms with Crippen molar-refractivity contribution in [2.45, 2.75) is 0 Å². The van der Waals surface area contributed by atoms with Crippen molar-refractivity contribution in [3.8, 4) is 0 Å². The molecule has 0 heterocycles. The van der Waals surface area contributed by atoms with E-state index in [-0.39, 0.29) is 21.8 Å². The highest BCUT2D eigenvalue weighted by molar-refractivity contribution is 6.32. The third-order valence-corrected chi connectivity index (χ3v) is 3.27. The zero-order valence-electron chi connectivity index (χ0n) is 11.9. The molecular weight excluding hydrogens is 324 g/mol. The summed E-state index contributed by atoms with van der Waals surface area (Å²) in [6.45, 7) is 0. The number of methoxy groups -OCH3 is 1. The van der Waals surface area contributed by atoms with Crippen LogP contribution in [-0.2, 0) is 4.74 Å². The van der Waals surface area contributed by atoms with E-state index in [0.29, 0.717) is 5.69 Å². The fourth-order valence-electron chi connectivity index (χ4n) is 1.84. The van der Waals surface area contributed by atoms with E-state index in [0.717, 1.165) is 6.07 Å². The van der Waals surface area contributed by atoms with Gasteiger partial charge in [0.1, 0.15) is 5.02 Å². The number of nitro groups is 1. The molecule has 2 aromatic rings. The second-order valence-electron chi connectivity index (χ2n) is 4.45. The van der Waals surface area contributed by atoms with Crippen molar-refractivity contribution in [2.24, 2.45) is 0 Å². The van der Waals surface area contributed by atoms with Gasteiger partial charge in [0.15, 0.2) is 0 Å². The molecule has 1 N–H and O–H groups in total. The van der Waals surface area contributed by atoms with Crippen LogP contribution in [0.4, 0.5) is 11.4 Å². The number of rotatable bonds is 4. The van der Waals surface area contributed by atoms with E-state index in [2.05, 4.69) is 10.1 Å². The van der Waals surface area contributed by atoms with Crippen LogP contribution in [0, 0.1) is 10.1 Å². The number of carbonyl (C=O) groups excluding carboxylic acids is 2. The van der Waals surface area contributed by atoms with Crippen LogP contribution < -0.4 is 5.32 Å². The topological polar surface area (TPSA) is 98.5 Å². The minimum atomic E-state index is -0.670. The number of hydrogen-bond acceptors (Lipinski definition) is 5. The number of ether oxygens (including phenoxy) is 1. The first-order chi connectivity index (χ1) is 10.9. The van der Waals surface area contributed by atoms with Crippen LogP contribution in [0.15, 0.2) is 42.5 Å². The number of nitrogens with one attached hydrogen (secondary N) is 1. The lowest BCUT2D eigenvalue weighted by Crippen LogP contribution is -2.13. The summed E-state index contributed by atoms with van der Waals surface area (Å²) >= 11 is 5.70. The Balaban J connectivity index is 2.24. The van der Waals surface area contributed by atoms with E-state index in [1.165, 1.54) is 31.4 Å². The van der Waals surface area contributed by atoms with Crippen molar-refractivity contribution in [1.29, 1.82) is 0 Å². The molecule has 1 amide bonds. The molecule has 0 saturated heterocycles. The van der Waals surface area contributed by atoms with Crippen LogP contribution in [0.2, 0.25) is 5.02 Å². The molecule has 0 unspecified atom stereocenters. The van der Waals surface area contributed by atoms with E-state index >= 15 is 0 Å². The molecule has 0 spiro atoms. The monoisotopic (exact) mass is 334 g/mol. The number of benzene rings is 2. The normalized spacial score (nSPS) is 10.0. The minimum absolute atomic E-state index is 0.0563. The van der Waals surface area contributed by atoms with Crippen molar-refractivity contribution < 1.29 is 19.2 Å². The van der Waals surface area contributed by atoms with Gasteiger partial charge in [0.05, 0.1) is 17.6 Å². The van der Waals surface area contributed by atoms with Crippen molar-refractivity contribution >= 4 is 34.9 Å².